The van der Waals surface area contributed by atoms with Crippen LogP contribution in [0.3, 0.4) is 0 Å². The molecule has 0 saturated carbocycles. The molecule has 0 aliphatic heterocycles. The van der Waals surface area contributed by atoms with Crippen molar-refractivity contribution in [3.8, 4) is 22.5 Å². The molecular formula is C26H22N4O3S. The van der Waals surface area contributed by atoms with Crippen molar-refractivity contribution >= 4 is 29.3 Å². The third-order valence-electron chi connectivity index (χ3n) is 5.07. The predicted octanol–water partition coefficient (Wildman–Crippen LogP) is 5.41. The number of nitrogens with zero attached hydrogens (tertiary/aromatic N) is 3. The van der Waals surface area contributed by atoms with Crippen LogP contribution in [-0.4, -0.2) is 37.4 Å². The highest BCUT2D eigenvalue weighted by Crippen LogP contribution is 2.31. The van der Waals surface area contributed by atoms with Crippen LogP contribution in [0.2, 0.25) is 0 Å². The molecule has 7 nitrogen and oxygen atoms in total. The maximum absolute atomic E-state index is 12.9. The van der Waals surface area contributed by atoms with E-state index in [2.05, 4.69) is 15.5 Å². The zero-order chi connectivity index (χ0) is 23.9. The number of hydrogen-bond donors (Lipinski definition) is 2. The highest BCUT2D eigenvalue weighted by Gasteiger charge is 2.22. The van der Waals surface area contributed by atoms with Gasteiger partial charge in [-0.05, 0) is 30.7 Å². The Bertz CT molecular complexity index is 1280. The van der Waals surface area contributed by atoms with Crippen molar-refractivity contribution in [1.29, 1.82) is 0 Å². The Morgan fingerprint density at radius 3 is 2.00 bits per heavy atom. The van der Waals surface area contributed by atoms with Crippen LogP contribution < -0.4 is 5.32 Å². The number of carboxylic acid groups (broad SMARTS) is 1. The smallest absolute Gasteiger partial charge is 0.335 e. The lowest BCUT2D eigenvalue weighted by Gasteiger charge is -2.15. The van der Waals surface area contributed by atoms with Crippen LogP contribution in [0.15, 0.2) is 90.1 Å². The summed E-state index contributed by atoms with van der Waals surface area (Å²) in [4.78, 5) is 28.7. The molecule has 1 amide bonds. The number of carbonyl (C=O) groups excluding carboxylic acids is 1. The molecule has 4 rings (SSSR count). The minimum Gasteiger partial charge on any atom is -0.478 e. The fourth-order valence-corrected chi connectivity index (χ4v) is 4.14. The van der Waals surface area contributed by atoms with Crippen molar-refractivity contribution in [2.45, 2.75) is 23.8 Å². The van der Waals surface area contributed by atoms with Gasteiger partial charge in [-0.3, -0.25) is 4.79 Å². The van der Waals surface area contributed by atoms with Crippen molar-refractivity contribution in [3.05, 3.63) is 90.5 Å². The van der Waals surface area contributed by atoms with Crippen LogP contribution >= 0.6 is 11.8 Å². The first-order valence-electron chi connectivity index (χ1n) is 10.7. The fourth-order valence-electron chi connectivity index (χ4n) is 3.32. The van der Waals surface area contributed by atoms with Gasteiger partial charge in [-0.15, -0.1) is 10.2 Å². The first kappa shape index (κ1) is 23.1. The van der Waals surface area contributed by atoms with Crippen LogP contribution in [0.1, 0.15) is 23.7 Å². The van der Waals surface area contributed by atoms with Crippen molar-refractivity contribution in [2.24, 2.45) is 0 Å². The standard InChI is InChI=1S/C26H22N4O3S/c1-2-21(24(31)27-20-15-13-19(14-16-20)25(32)33)34-26-28-22(17-9-5-3-6-10-17)23(29-30-26)18-11-7-4-8-12-18/h3-16,21H,2H2,1H3,(H,27,31)(H,32,33). The van der Waals surface area contributed by atoms with E-state index in [4.69, 9.17) is 10.1 Å². The first-order chi connectivity index (χ1) is 16.5. The van der Waals surface area contributed by atoms with Gasteiger partial charge in [0.2, 0.25) is 11.1 Å². The summed E-state index contributed by atoms with van der Waals surface area (Å²) in [6.07, 6.45) is 0.550. The largest absolute Gasteiger partial charge is 0.478 e. The van der Waals surface area contributed by atoms with Gasteiger partial charge in [-0.25, -0.2) is 9.78 Å². The molecule has 170 valence electrons. The molecule has 1 unspecified atom stereocenters. The second-order valence-electron chi connectivity index (χ2n) is 7.41. The van der Waals surface area contributed by atoms with E-state index in [1.807, 2.05) is 67.6 Å². The summed E-state index contributed by atoms with van der Waals surface area (Å²) >= 11 is 1.25. The maximum Gasteiger partial charge on any atom is 0.335 e. The molecule has 4 aromatic rings. The van der Waals surface area contributed by atoms with Crippen LogP contribution in [0, 0.1) is 0 Å². The number of hydrogen-bond acceptors (Lipinski definition) is 6. The number of thioether (sulfide) groups is 1. The summed E-state index contributed by atoms with van der Waals surface area (Å²) in [7, 11) is 0. The van der Waals surface area contributed by atoms with Crippen molar-refractivity contribution in [1.82, 2.24) is 15.2 Å². The molecule has 0 bridgehead atoms. The molecule has 0 aliphatic carbocycles. The van der Waals surface area contributed by atoms with E-state index in [0.717, 1.165) is 11.1 Å². The van der Waals surface area contributed by atoms with Gasteiger partial charge in [-0.1, -0.05) is 79.3 Å². The molecule has 1 heterocycles. The quantitative estimate of drug-likeness (QED) is 0.332. The van der Waals surface area contributed by atoms with E-state index in [1.165, 1.54) is 23.9 Å². The van der Waals surface area contributed by atoms with Gasteiger partial charge < -0.3 is 10.4 Å². The normalized spacial score (nSPS) is 11.6. The number of aromatic nitrogens is 3. The van der Waals surface area contributed by atoms with Gasteiger partial charge >= 0.3 is 5.97 Å². The molecule has 34 heavy (non-hydrogen) atoms. The third-order valence-corrected chi connectivity index (χ3v) is 6.29. The topological polar surface area (TPSA) is 105 Å². The minimum absolute atomic E-state index is 0.158. The van der Waals surface area contributed by atoms with E-state index in [1.54, 1.807) is 12.1 Å². The summed E-state index contributed by atoms with van der Waals surface area (Å²) in [5.41, 5.74) is 3.88. The van der Waals surface area contributed by atoms with E-state index < -0.39 is 11.2 Å². The summed E-state index contributed by atoms with van der Waals surface area (Å²) in [5.74, 6) is -1.23. The Kier molecular flexibility index (Phi) is 7.29. The molecule has 1 atom stereocenters. The van der Waals surface area contributed by atoms with Gasteiger partial charge in [-0.2, -0.15) is 0 Å². The summed E-state index contributed by atoms with van der Waals surface area (Å²) in [6, 6.07) is 25.5. The Labute approximate surface area is 201 Å². The Morgan fingerprint density at radius 1 is 0.853 bits per heavy atom. The van der Waals surface area contributed by atoms with Crippen LogP contribution in [0.5, 0.6) is 0 Å². The number of amides is 1. The summed E-state index contributed by atoms with van der Waals surface area (Å²) < 4.78 is 0. The van der Waals surface area contributed by atoms with E-state index in [9.17, 15) is 9.59 Å². The number of anilines is 1. The molecule has 0 spiro atoms. The highest BCUT2D eigenvalue weighted by atomic mass is 32.2. The molecule has 0 aliphatic rings. The first-order valence-corrected chi connectivity index (χ1v) is 11.6. The van der Waals surface area contributed by atoms with E-state index in [0.29, 0.717) is 28.7 Å². The number of carboxylic acids is 1. The molecule has 2 N–H and O–H groups in total. The monoisotopic (exact) mass is 470 g/mol. The number of nitrogens with one attached hydrogen (secondary N) is 1. The summed E-state index contributed by atoms with van der Waals surface area (Å²) in [6.45, 7) is 1.91. The SMILES string of the molecule is CCC(Sc1nnc(-c2ccccc2)c(-c2ccccc2)n1)C(=O)Nc1ccc(C(=O)O)cc1. The number of benzene rings is 3. The lowest BCUT2D eigenvalue weighted by atomic mass is 10.0. The second-order valence-corrected chi connectivity index (χ2v) is 8.58. The van der Waals surface area contributed by atoms with Gasteiger partial charge in [0.05, 0.1) is 10.8 Å². The Balaban J connectivity index is 1.58. The molecular weight excluding hydrogens is 448 g/mol. The number of carbonyl (C=O) groups is 2. The zero-order valence-electron chi connectivity index (χ0n) is 18.4. The van der Waals surface area contributed by atoms with E-state index >= 15 is 0 Å². The van der Waals surface area contributed by atoms with Crippen LogP contribution in [0.25, 0.3) is 22.5 Å². The summed E-state index contributed by atoms with van der Waals surface area (Å²) in [5, 5.41) is 20.6. The molecule has 0 radical (unpaired) electrons. The van der Waals surface area contributed by atoms with Gasteiger partial charge in [0.15, 0.2) is 0 Å². The Morgan fingerprint density at radius 2 is 1.44 bits per heavy atom. The van der Waals surface area contributed by atoms with Crippen LogP contribution in [-0.2, 0) is 4.79 Å². The molecule has 8 heteroatoms. The van der Waals surface area contributed by atoms with Crippen LogP contribution in [0.4, 0.5) is 5.69 Å². The molecule has 3 aromatic carbocycles. The lowest BCUT2D eigenvalue weighted by molar-refractivity contribution is -0.115. The lowest BCUT2D eigenvalue weighted by Crippen LogP contribution is -2.25. The third kappa shape index (κ3) is 5.47. The predicted molar refractivity (Wildman–Crippen MR) is 133 cm³/mol. The van der Waals surface area contributed by atoms with E-state index in [-0.39, 0.29) is 11.5 Å². The fraction of sp³-hybridized carbons (Fsp3) is 0.115. The minimum atomic E-state index is -1.02. The zero-order valence-corrected chi connectivity index (χ0v) is 19.2. The second kappa shape index (κ2) is 10.7. The highest BCUT2D eigenvalue weighted by molar-refractivity contribution is 8.00. The molecule has 1 aromatic heterocycles. The molecule has 0 saturated heterocycles. The van der Waals surface area contributed by atoms with Gasteiger partial charge in [0, 0.05) is 16.8 Å². The van der Waals surface area contributed by atoms with Gasteiger partial charge in [0.1, 0.15) is 11.4 Å². The van der Waals surface area contributed by atoms with Crippen molar-refractivity contribution in [2.75, 3.05) is 5.32 Å². The average Bonchev–Trinajstić information content (AvgIpc) is 2.88. The van der Waals surface area contributed by atoms with Crippen molar-refractivity contribution in [3.63, 3.8) is 0 Å². The average molecular weight is 471 g/mol. The van der Waals surface area contributed by atoms with Crippen molar-refractivity contribution < 1.29 is 14.7 Å². The molecule has 0 fully saturated rings. The Hall–Kier alpha value is -4.04. The maximum atomic E-state index is 12.9. The number of rotatable bonds is 8. The van der Waals surface area contributed by atoms with Gasteiger partial charge in [0.25, 0.3) is 0 Å². The number of aromatic carboxylic acids is 1.